The van der Waals surface area contributed by atoms with Crippen molar-refractivity contribution in [3.05, 3.63) is 28.8 Å². The second-order valence-corrected chi connectivity index (χ2v) is 5.27. The quantitative estimate of drug-likeness (QED) is 0.838. The monoisotopic (exact) mass is 269 g/mol. The fraction of sp³-hybridized carbons (Fsp3) is 0.571. The molecule has 0 amide bonds. The highest BCUT2D eigenvalue weighted by Crippen LogP contribution is 2.35. The van der Waals surface area contributed by atoms with Crippen LogP contribution in [0.5, 0.6) is 5.75 Å². The number of hydrogen-bond acceptors (Lipinski definition) is 3. The molecule has 0 bridgehead atoms. The molecule has 0 spiro atoms. The van der Waals surface area contributed by atoms with E-state index in [0.717, 1.165) is 43.9 Å². The summed E-state index contributed by atoms with van der Waals surface area (Å²) in [6.07, 6.45) is 2.14. The first-order valence-corrected chi connectivity index (χ1v) is 6.73. The maximum absolute atomic E-state index is 6.00. The van der Waals surface area contributed by atoms with Crippen LogP contribution in [0.15, 0.2) is 18.2 Å². The Bertz CT molecular complexity index is 395. The molecule has 1 unspecified atom stereocenters. The predicted molar refractivity (Wildman–Crippen MR) is 73.4 cm³/mol. The maximum Gasteiger partial charge on any atom is 0.126 e. The smallest absolute Gasteiger partial charge is 0.126 e. The number of benzene rings is 1. The molecule has 3 nitrogen and oxygen atoms in total. The number of rotatable bonds is 4. The largest absolute Gasteiger partial charge is 0.493 e. The van der Waals surface area contributed by atoms with Crippen molar-refractivity contribution >= 4 is 11.6 Å². The summed E-state index contributed by atoms with van der Waals surface area (Å²) in [7, 11) is 4.10. The van der Waals surface area contributed by atoms with Crippen molar-refractivity contribution in [1.82, 2.24) is 4.90 Å². The lowest BCUT2D eigenvalue weighted by Gasteiger charge is -2.19. The zero-order chi connectivity index (χ0) is 13.0. The summed E-state index contributed by atoms with van der Waals surface area (Å²) < 4.78 is 11.7. The van der Waals surface area contributed by atoms with Gasteiger partial charge in [-0.1, -0.05) is 17.7 Å². The van der Waals surface area contributed by atoms with Crippen molar-refractivity contribution in [3.8, 4) is 5.75 Å². The first-order valence-electron chi connectivity index (χ1n) is 6.35. The summed E-state index contributed by atoms with van der Waals surface area (Å²) in [6, 6.07) is 5.80. The zero-order valence-electron chi connectivity index (χ0n) is 11.0. The van der Waals surface area contributed by atoms with Gasteiger partial charge in [0.05, 0.1) is 19.3 Å². The molecule has 1 aliphatic heterocycles. The summed E-state index contributed by atoms with van der Waals surface area (Å²) in [6.45, 7) is 2.40. The first-order chi connectivity index (χ1) is 8.66. The highest BCUT2D eigenvalue weighted by molar-refractivity contribution is 6.30. The lowest BCUT2D eigenvalue weighted by molar-refractivity contribution is 0.0384. The SMILES string of the molecule is CN(C)CCOC1CCCOc2cc(Cl)ccc21. The molecule has 0 N–H and O–H groups in total. The second-order valence-electron chi connectivity index (χ2n) is 4.84. The zero-order valence-corrected chi connectivity index (χ0v) is 11.7. The maximum atomic E-state index is 6.00. The Morgan fingerprint density at radius 3 is 3.06 bits per heavy atom. The second kappa shape index (κ2) is 6.41. The third-order valence-corrected chi connectivity index (χ3v) is 3.28. The van der Waals surface area contributed by atoms with Crippen LogP contribution in [0.1, 0.15) is 24.5 Å². The van der Waals surface area contributed by atoms with Gasteiger partial charge in [-0.25, -0.2) is 0 Å². The number of likely N-dealkylation sites (N-methyl/N-ethyl adjacent to an activating group) is 1. The van der Waals surface area contributed by atoms with Gasteiger partial charge < -0.3 is 14.4 Å². The van der Waals surface area contributed by atoms with E-state index >= 15 is 0 Å². The van der Waals surface area contributed by atoms with Crippen LogP contribution >= 0.6 is 11.6 Å². The van der Waals surface area contributed by atoms with Crippen molar-refractivity contribution in [3.63, 3.8) is 0 Å². The lowest BCUT2D eigenvalue weighted by Crippen LogP contribution is -2.19. The van der Waals surface area contributed by atoms with Crippen molar-refractivity contribution in [2.75, 3.05) is 33.9 Å². The molecule has 1 aliphatic rings. The molecule has 1 aromatic rings. The Morgan fingerprint density at radius 1 is 1.44 bits per heavy atom. The van der Waals surface area contributed by atoms with Gasteiger partial charge in [-0.2, -0.15) is 0 Å². The van der Waals surface area contributed by atoms with E-state index < -0.39 is 0 Å². The van der Waals surface area contributed by atoms with Crippen LogP contribution in [0.3, 0.4) is 0 Å². The molecule has 1 heterocycles. The van der Waals surface area contributed by atoms with Crippen LogP contribution in [0.2, 0.25) is 5.02 Å². The fourth-order valence-corrected chi connectivity index (χ4v) is 2.22. The molecule has 0 fully saturated rings. The Balaban J connectivity index is 2.07. The molecule has 0 radical (unpaired) electrons. The van der Waals surface area contributed by atoms with E-state index in [1.165, 1.54) is 0 Å². The molecule has 0 aliphatic carbocycles. The molecule has 0 aromatic heterocycles. The van der Waals surface area contributed by atoms with Crippen LogP contribution in [-0.2, 0) is 4.74 Å². The minimum Gasteiger partial charge on any atom is -0.493 e. The highest BCUT2D eigenvalue weighted by atomic mass is 35.5. The van der Waals surface area contributed by atoms with Crippen LogP contribution < -0.4 is 4.74 Å². The lowest BCUT2D eigenvalue weighted by atomic mass is 10.1. The van der Waals surface area contributed by atoms with E-state index in [2.05, 4.69) is 4.90 Å². The molecule has 1 aromatic carbocycles. The minimum absolute atomic E-state index is 0.125. The van der Waals surface area contributed by atoms with Crippen molar-refractivity contribution in [2.24, 2.45) is 0 Å². The van der Waals surface area contributed by atoms with Crippen LogP contribution in [0, 0.1) is 0 Å². The molecule has 0 saturated carbocycles. The Hall–Kier alpha value is -0.770. The minimum atomic E-state index is 0.125. The van der Waals surface area contributed by atoms with Gasteiger partial charge in [-0.15, -0.1) is 0 Å². The van der Waals surface area contributed by atoms with Gasteiger partial charge >= 0.3 is 0 Å². The van der Waals surface area contributed by atoms with Crippen LogP contribution in [-0.4, -0.2) is 38.8 Å². The normalized spacial score (nSPS) is 19.2. The number of halogens is 1. The van der Waals surface area contributed by atoms with E-state index in [1.807, 2.05) is 32.3 Å². The Morgan fingerprint density at radius 2 is 2.28 bits per heavy atom. The molecule has 1 atom stereocenters. The van der Waals surface area contributed by atoms with Gasteiger partial charge in [0.1, 0.15) is 5.75 Å². The summed E-state index contributed by atoms with van der Waals surface area (Å²) in [5.41, 5.74) is 1.12. The van der Waals surface area contributed by atoms with Gasteiger partial charge in [0, 0.05) is 17.1 Å². The molecular formula is C14H20ClNO2. The van der Waals surface area contributed by atoms with Crippen LogP contribution in [0.25, 0.3) is 0 Å². The summed E-state index contributed by atoms with van der Waals surface area (Å²) in [4.78, 5) is 2.12. The molecule has 0 saturated heterocycles. The van der Waals surface area contributed by atoms with Gasteiger partial charge in [-0.05, 0) is 39.1 Å². The van der Waals surface area contributed by atoms with Gasteiger partial charge in [-0.3, -0.25) is 0 Å². The van der Waals surface area contributed by atoms with Crippen molar-refractivity contribution in [1.29, 1.82) is 0 Å². The molecule has 2 rings (SSSR count). The predicted octanol–water partition coefficient (Wildman–Crippen LogP) is 3.13. The Labute approximate surface area is 114 Å². The Kier molecular flexibility index (Phi) is 4.87. The third-order valence-electron chi connectivity index (χ3n) is 3.05. The number of ether oxygens (including phenoxy) is 2. The number of hydrogen-bond donors (Lipinski definition) is 0. The topological polar surface area (TPSA) is 21.7 Å². The highest BCUT2D eigenvalue weighted by Gasteiger charge is 2.20. The van der Waals surface area contributed by atoms with Crippen molar-refractivity contribution < 1.29 is 9.47 Å². The van der Waals surface area contributed by atoms with E-state index in [9.17, 15) is 0 Å². The molecule has 4 heteroatoms. The standard InChI is InChI=1S/C14H20ClNO2/c1-16(2)7-9-18-13-4-3-8-17-14-10-11(15)5-6-12(13)14/h5-6,10,13H,3-4,7-9H2,1-2H3. The van der Waals surface area contributed by atoms with Gasteiger partial charge in [0.2, 0.25) is 0 Å². The summed E-state index contributed by atoms with van der Waals surface area (Å²) in [5.74, 6) is 0.870. The average Bonchev–Trinajstić information content (AvgIpc) is 2.51. The fourth-order valence-electron chi connectivity index (χ4n) is 2.06. The van der Waals surface area contributed by atoms with Gasteiger partial charge in [0.15, 0.2) is 0 Å². The molecule has 18 heavy (non-hydrogen) atoms. The molecule has 100 valence electrons. The number of fused-ring (bicyclic) bond motifs is 1. The van der Waals surface area contributed by atoms with E-state index in [0.29, 0.717) is 5.02 Å². The van der Waals surface area contributed by atoms with Crippen LogP contribution in [0.4, 0.5) is 0 Å². The molecular weight excluding hydrogens is 250 g/mol. The third kappa shape index (κ3) is 3.61. The number of nitrogens with zero attached hydrogens (tertiary/aromatic N) is 1. The van der Waals surface area contributed by atoms with E-state index in [1.54, 1.807) is 0 Å². The van der Waals surface area contributed by atoms with Gasteiger partial charge in [0.25, 0.3) is 0 Å². The van der Waals surface area contributed by atoms with E-state index in [-0.39, 0.29) is 6.10 Å². The summed E-state index contributed by atoms with van der Waals surface area (Å²) in [5, 5.41) is 0.711. The first kappa shape index (κ1) is 13.7. The van der Waals surface area contributed by atoms with Crippen molar-refractivity contribution in [2.45, 2.75) is 18.9 Å². The summed E-state index contributed by atoms with van der Waals surface area (Å²) >= 11 is 6.00. The average molecular weight is 270 g/mol. The van der Waals surface area contributed by atoms with E-state index in [4.69, 9.17) is 21.1 Å².